The molecule has 0 spiro atoms. The van der Waals surface area contributed by atoms with Gasteiger partial charge in [-0.1, -0.05) is 0 Å². The van der Waals surface area contributed by atoms with E-state index in [0.29, 0.717) is 6.04 Å². The third-order valence-corrected chi connectivity index (χ3v) is 4.34. The number of pyridine rings is 1. The highest BCUT2D eigenvalue weighted by atomic mass is 16.2. The molecular formula is C15H21N3O. The van der Waals surface area contributed by atoms with Crippen LogP contribution < -0.4 is 5.32 Å². The van der Waals surface area contributed by atoms with Crippen LogP contribution in [-0.2, 0) is 12.8 Å². The second kappa shape index (κ2) is 5.29. The van der Waals surface area contributed by atoms with Gasteiger partial charge in [-0.2, -0.15) is 0 Å². The summed E-state index contributed by atoms with van der Waals surface area (Å²) in [6, 6.07) is 2.41. The second-order valence-corrected chi connectivity index (χ2v) is 5.58. The van der Waals surface area contributed by atoms with E-state index < -0.39 is 0 Å². The first-order chi connectivity index (χ1) is 9.25. The normalized spacial score (nSPS) is 19.2. The molecule has 0 saturated carbocycles. The highest BCUT2D eigenvalue weighted by molar-refractivity contribution is 5.94. The first-order valence-corrected chi connectivity index (χ1v) is 7.21. The lowest BCUT2D eigenvalue weighted by molar-refractivity contribution is 0.0702. The van der Waals surface area contributed by atoms with Gasteiger partial charge in [0.1, 0.15) is 0 Å². The third-order valence-electron chi connectivity index (χ3n) is 4.34. The van der Waals surface area contributed by atoms with Gasteiger partial charge in [0.2, 0.25) is 0 Å². The van der Waals surface area contributed by atoms with Gasteiger partial charge in [-0.05, 0) is 56.8 Å². The maximum Gasteiger partial charge on any atom is 0.255 e. The van der Waals surface area contributed by atoms with Crippen LogP contribution in [0, 0.1) is 0 Å². The number of nitrogens with zero attached hydrogens (tertiary/aromatic N) is 2. The van der Waals surface area contributed by atoms with Crippen LogP contribution in [0.2, 0.25) is 0 Å². The minimum Gasteiger partial charge on any atom is -0.339 e. The molecule has 4 heteroatoms. The molecule has 2 heterocycles. The molecule has 1 aromatic rings. The van der Waals surface area contributed by atoms with Crippen LogP contribution in [0.1, 0.15) is 40.9 Å². The van der Waals surface area contributed by atoms with Gasteiger partial charge in [0.25, 0.3) is 5.91 Å². The standard InChI is InChI=1S/C15H21N3O/c1-18(13-5-7-16-8-6-13)15(19)12-9-11-3-2-4-14(11)17-10-12/h9-10,13,16H,2-8H2,1H3. The monoisotopic (exact) mass is 259 g/mol. The SMILES string of the molecule is CN(C(=O)c1cnc2c(c1)CCC2)C1CCNCC1. The molecule has 19 heavy (non-hydrogen) atoms. The predicted octanol–water partition coefficient (Wildman–Crippen LogP) is 1.39. The number of nitrogens with one attached hydrogen (secondary N) is 1. The van der Waals surface area contributed by atoms with Crippen molar-refractivity contribution in [3.8, 4) is 0 Å². The maximum absolute atomic E-state index is 12.5. The summed E-state index contributed by atoms with van der Waals surface area (Å²) in [4.78, 5) is 18.9. The molecule has 1 aliphatic heterocycles. The zero-order valence-electron chi connectivity index (χ0n) is 11.5. The molecule has 1 amide bonds. The van der Waals surface area contributed by atoms with Crippen molar-refractivity contribution < 1.29 is 4.79 Å². The molecule has 0 atom stereocenters. The van der Waals surface area contributed by atoms with Gasteiger partial charge in [0.15, 0.2) is 0 Å². The van der Waals surface area contributed by atoms with Crippen molar-refractivity contribution in [3.63, 3.8) is 0 Å². The molecule has 3 rings (SSSR count). The average molecular weight is 259 g/mol. The van der Waals surface area contributed by atoms with Crippen LogP contribution in [0.15, 0.2) is 12.3 Å². The zero-order valence-corrected chi connectivity index (χ0v) is 11.5. The van der Waals surface area contributed by atoms with Gasteiger partial charge in [-0.15, -0.1) is 0 Å². The number of hydrogen-bond acceptors (Lipinski definition) is 3. The van der Waals surface area contributed by atoms with E-state index >= 15 is 0 Å². The molecule has 1 N–H and O–H groups in total. The van der Waals surface area contributed by atoms with Crippen LogP contribution in [0.5, 0.6) is 0 Å². The van der Waals surface area contributed by atoms with Gasteiger partial charge in [0.05, 0.1) is 5.56 Å². The minimum atomic E-state index is 0.120. The van der Waals surface area contributed by atoms with Crippen molar-refractivity contribution in [2.24, 2.45) is 0 Å². The largest absolute Gasteiger partial charge is 0.339 e. The van der Waals surface area contributed by atoms with Crippen molar-refractivity contribution in [2.75, 3.05) is 20.1 Å². The Kier molecular flexibility index (Phi) is 3.51. The van der Waals surface area contributed by atoms with E-state index in [0.717, 1.165) is 44.3 Å². The summed E-state index contributed by atoms with van der Waals surface area (Å²) in [5, 5.41) is 3.33. The Bertz CT molecular complexity index is 480. The molecule has 4 nitrogen and oxygen atoms in total. The fourth-order valence-electron chi connectivity index (χ4n) is 3.11. The molecule has 0 aromatic carbocycles. The van der Waals surface area contributed by atoms with E-state index in [2.05, 4.69) is 16.4 Å². The Morgan fingerprint density at radius 2 is 2.16 bits per heavy atom. The summed E-state index contributed by atoms with van der Waals surface area (Å²) in [7, 11) is 1.92. The molecule has 2 aliphatic rings. The lowest BCUT2D eigenvalue weighted by Crippen LogP contribution is -2.44. The van der Waals surface area contributed by atoms with Gasteiger partial charge in [-0.3, -0.25) is 9.78 Å². The van der Waals surface area contributed by atoms with Crippen LogP contribution in [0.25, 0.3) is 0 Å². The molecule has 0 bridgehead atoms. The molecule has 0 radical (unpaired) electrons. The highest BCUT2D eigenvalue weighted by Gasteiger charge is 2.24. The fourth-order valence-corrected chi connectivity index (χ4v) is 3.11. The number of carbonyl (C=O) groups is 1. The molecule has 102 valence electrons. The van der Waals surface area contributed by atoms with Gasteiger partial charge >= 0.3 is 0 Å². The third kappa shape index (κ3) is 2.50. The number of amides is 1. The zero-order chi connectivity index (χ0) is 13.2. The summed E-state index contributed by atoms with van der Waals surface area (Å²) >= 11 is 0. The molecule has 1 fully saturated rings. The molecule has 1 saturated heterocycles. The number of fused-ring (bicyclic) bond motifs is 1. The minimum absolute atomic E-state index is 0.120. The quantitative estimate of drug-likeness (QED) is 0.873. The maximum atomic E-state index is 12.5. The topological polar surface area (TPSA) is 45.2 Å². The first-order valence-electron chi connectivity index (χ1n) is 7.21. The lowest BCUT2D eigenvalue weighted by atomic mass is 10.0. The van der Waals surface area contributed by atoms with Crippen LogP contribution in [0.3, 0.4) is 0 Å². The summed E-state index contributed by atoms with van der Waals surface area (Å²) in [6.45, 7) is 2.01. The molecule has 0 unspecified atom stereocenters. The summed E-state index contributed by atoms with van der Waals surface area (Å²) in [5.74, 6) is 0.120. The van der Waals surface area contributed by atoms with Gasteiger partial charge in [0, 0.05) is 25.0 Å². The smallest absolute Gasteiger partial charge is 0.255 e. The summed E-state index contributed by atoms with van der Waals surface area (Å²) in [5.41, 5.74) is 3.20. The predicted molar refractivity (Wildman–Crippen MR) is 74.2 cm³/mol. The van der Waals surface area contributed by atoms with E-state index in [1.54, 1.807) is 6.20 Å². The van der Waals surface area contributed by atoms with Gasteiger partial charge in [-0.25, -0.2) is 0 Å². The van der Waals surface area contributed by atoms with Crippen LogP contribution >= 0.6 is 0 Å². The van der Waals surface area contributed by atoms with E-state index in [9.17, 15) is 4.79 Å². The van der Waals surface area contributed by atoms with Crippen LogP contribution in [0.4, 0.5) is 0 Å². The number of carbonyl (C=O) groups excluding carboxylic acids is 1. The van der Waals surface area contributed by atoms with Crippen molar-refractivity contribution >= 4 is 5.91 Å². The fraction of sp³-hybridized carbons (Fsp3) is 0.600. The lowest BCUT2D eigenvalue weighted by Gasteiger charge is -2.31. The van der Waals surface area contributed by atoms with E-state index in [-0.39, 0.29) is 5.91 Å². The average Bonchev–Trinajstić information content (AvgIpc) is 2.94. The number of piperidine rings is 1. The van der Waals surface area contributed by atoms with Gasteiger partial charge < -0.3 is 10.2 Å². The Morgan fingerprint density at radius 1 is 1.37 bits per heavy atom. The number of hydrogen-bond donors (Lipinski definition) is 1. The van der Waals surface area contributed by atoms with Crippen molar-refractivity contribution in [1.29, 1.82) is 0 Å². The number of aromatic nitrogens is 1. The summed E-state index contributed by atoms with van der Waals surface area (Å²) in [6.07, 6.45) is 7.14. The van der Waals surface area contributed by atoms with Crippen molar-refractivity contribution in [1.82, 2.24) is 15.2 Å². The molecular weight excluding hydrogens is 238 g/mol. The van der Waals surface area contributed by atoms with E-state index in [1.807, 2.05) is 11.9 Å². The Hall–Kier alpha value is -1.42. The Labute approximate surface area is 114 Å². The molecule has 1 aliphatic carbocycles. The Morgan fingerprint density at radius 3 is 2.95 bits per heavy atom. The van der Waals surface area contributed by atoms with E-state index in [4.69, 9.17) is 0 Å². The molecule has 1 aromatic heterocycles. The summed E-state index contributed by atoms with van der Waals surface area (Å²) < 4.78 is 0. The van der Waals surface area contributed by atoms with Crippen molar-refractivity contribution in [2.45, 2.75) is 38.1 Å². The first kappa shape index (κ1) is 12.6. The highest BCUT2D eigenvalue weighted by Crippen LogP contribution is 2.22. The Balaban J connectivity index is 1.75. The second-order valence-electron chi connectivity index (χ2n) is 5.58. The van der Waals surface area contributed by atoms with Crippen LogP contribution in [-0.4, -0.2) is 42.0 Å². The number of aryl methyl sites for hydroxylation is 2. The van der Waals surface area contributed by atoms with E-state index in [1.165, 1.54) is 17.7 Å². The van der Waals surface area contributed by atoms with Crippen molar-refractivity contribution in [3.05, 3.63) is 29.1 Å². The number of rotatable bonds is 2.